The molecule has 1 heterocycles. The molecule has 90 valence electrons. The van der Waals surface area contributed by atoms with Crippen LogP contribution in [0.2, 0.25) is 0 Å². The highest BCUT2D eigenvalue weighted by Gasteiger charge is 2.32. The van der Waals surface area contributed by atoms with Crippen molar-refractivity contribution in [2.45, 2.75) is 64.3 Å². The van der Waals surface area contributed by atoms with Gasteiger partial charge in [0.2, 0.25) is 0 Å². The second-order valence-electron chi connectivity index (χ2n) is 4.80. The SMILES string of the molecule is COC(C)C(C)N1C(C)CCCC1CN. The lowest BCUT2D eigenvalue weighted by atomic mass is 9.93. The Hall–Kier alpha value is -0.120. The second-order valence-corrected chi connectivity index (χ2v) is 4.80. The van der Waals surface area contributed by atoms with E-state index >= 15 is 0 Å². The van der Waals surface area contributed by atoms with Gasteiger partial charge in [0.25, 0.3) is 0 Å². The number of nitrogens with zero attached hydrogens (tertiary/aromatic N) is 1. The molecule has 2 N–H and O–H groups in total. The van der Waals surface area contributed by atoms with Crippen LogP contribution in [0.4, 0.5) is 0 Å². The molecule has 1 aliphatic rings. The zero-order valence-electron chi connectivity index (χ0n) is 10.6. The molecule has 4 atom stereocenters. The quantitative estimate of drug-likeness (QED) is 0.772. The fourth-order valence-corrected chi connectivity index (χ4v) is 2.72. The van der Waals surface area contributed by atoms with Crippen molar-refractivity contribution in [2.75, 3.05) is 13.7 Å². The summed E-state index contributed by atoms with van der Waals surface area (Å²) in [6, 6.07) is 1.64. The number of hydrogen-bond acceptors (Lipinski definition) is 3. The van der Waals surface area contributed by atoms with Gasteiger partial charge < -0.3 is 10.5 Å². The highest BCUT2D eigenvalue weighted by Crippen LogP contribution is 2.26. The van der Waals surface area contributed by atoms with E-state index in [1.54, 1.807) is 7.11 Å². The zero-order chi connectivity index (χ0) is 11.4. The van der Waals surface area contributed by atoms with Gasteiger partial charge in [0.05, 0.1) is 6.10 Å². The summed E-state index contributed by atoms with van der Waals surface area (Å²) in [5.41, 5.74) is 5.85. The molecule has 0 bridgehead atoms. The lowest BCUT2D eigenvalue weighted by Crippen LogP contribution is -2.56. The summed E-state index contributed by atoms with van der Waals surface area (Å²) in [7, 11) is 1.78. The van der Waals surface area contributed by atoms with Gasteiger partial charge in [0, 0.05) is 31.8 Å². The average Bonchev–Trinajstić information content (AvgIpc) is 2.26. The van der Waals surface area contributed by atoms with Crippen LogP contribution in [0.5, 0.6) is 0 Å². The maximum Gasteiger partial charge on any atom is 0.0695 e. The zero-order valence-corrected chi connectivity index (χ0v) is 10.6. The van der Waals surface area contributed by atoms with Gasteiger partial charge in [0.15, 0.2) is 0 Å². The smallest absolute Gasteiger partial charge is 0.0695 e. The van der Waals surface area contributed by atoms with Gasteiger partial charge in [-0.05, 0) is 33.6 Å². The van der Waals surface area contributed by atoms with E-state index in [2.05, 4.69) is 25.7 Å². The number of likely N-dealkylation sites (tertiary alicyclic amines) is 1. The predicted molar refractivity (Wildman–Crippen MR) is 63.9 cm³/mol. The molecular formula is C12H26N2O. The summed E-state index contributed by atoms with van der Waals surface area (Å²) >= 11 is 0. The molecule has 1 rings (SSSR count). The molecular weight excluding hydrogens is 188 g/mol. The molecule has 3 nitrogen and oxygen atoms in total. The van der Waals surface area contributed by atoms with Crippen molar-refractivity contribution in [3.8, 4) is 0 Å². The van der Waals surface area contributed by atoms with Gasteiger partial charge in [-0.25, -0.2) is 0 Å². The van der Waals surface area contributed by atoms with Crippen LogP contribution >= 0.6 is 0 Å². The van der Waals surface area contributed by atoms with E-state index in [9.17, 15) is 0 Å². The number of piperidine rings is 1. The van der Waals surface area contributed by atoms with Crippen LogP contribution in [-0.2, 0) is 4.74 Å². The Labute approximate surface area is 94.0 Å². The molecule has 0 amide bonds. The van der Waals surface area contributed by atoms with Gasteiger partial charge in [-0.1, -0.05) is 6.42 Å². The van der Waals surface area contributed by atoms with Crippen LogP contribution in [0, 0.1) is 0 Å². The minimum atomic E-state index is 0.277. The van der Waals surface area contributed by atoms with Crippen molar-refractivity contribution in [1.29, 1.82) is 0 Å². The van der Waals surface area contributed by atoms with Crippen molar-refractivity contribution in [2.24, 2.45) is 5.73 Å². The molecule has 3 heteroatoms. The Morgan fingerprint density at radius 1 is 1.40 bits per heavy atom. The van der Waals surface area contributed by atoms with Gasteiger partial charge in [-0.15, -0.1) is 0 Å². The fraction of sp³-hybridized carbons (Fsp3) is 1.00. The van der Waals surface area contributed by atoms with Crippen LogP contribution in [-0.4, -0.2) is 42.8 Å². The Balaban J connectivity index is 2.68. The third-order valence-corrected chi connectivity index (χ3v) is 3.88. The summed E-state index contributed by atoms with van der Waals surface area (Å²) in [5, 5.41) is 0. The molecule has 0 aromatic carbocycles. The first-order valence-electron chi connectivity index (χ1n) is 6.12. The summed E-state index contributed by atoms with van der Waals surface area (Å²) in [6.45, 7) is 7.46. The van der Waals surface area contributed by atoms with E-state index in [1.165, 1.54) is 19.3 Å². The lowest BCUT2D eigenvalue weighted by molar-refractivity contribution is -0.0210. The van der Waals surface area contributed by atoms with Crippen molar-refractivity contribution >= 4 is 0 Å². The van der Waals surface area contributed by atoms with Gasteiger partial charge in [-0.3, -0.25) is 4.90 Å². The Bertz CT molecular complexity index is 186. The van der Waals surface area contributed by atoms with Gasteiger partial charge >= 0.3 is 0 Å². The standard InChI is InChI=1S/C12H26N2O/c1-9-6-5-7-12(8-13)14(9)10(2)11(3)15-4/h9-12H,5-8,13H2,1-4H3. The monoisotopic (exact) mass is 214 g/mol. The van der Waals surface area contributed by atoms with E-state index in [-0.39, 0.29) is 6.10 Å². The van der Waals surface area contributed by atoms with Crippen molar-refractivity contribution < 1.29 is 4.74 Å². The molecule has 0 aromatic heterocycles. The largest absolute Gasteiger partial charge is 0.380 e. The van der Waals surface area contributed by atoms with E-state index in [0.29, 0.717) is 18.1 Å². The predicted octanol–water partition coefficient (Wildman–Crippen LogP) is 1.61. The molecule has 0 radical (unpaired) electrons. The molecule has 1 saturated heterocycles. The molecule has 0 aliphatic carbocycles. The van der Waals surface area contributed by atoms with E-state index in [1.807, 2.05) is 0 Å². The summed E-state index contributed by atoms with van der Waals surface area (Å²) in [4.78, 5) is 2.55. The Morgan fingerprint density at radius 2 is 2.07 bits per heavy atom. The summed E-state index contributed by atoms with van der Waals surface area (Å²) < 4.78 is 5.42. The van der Waals surface area contributed by atoms with Gasteiger partial charge in [-0.2, -0.15) is 0 Å². The van der Waals surface area contributed by atoms with Crippen LogP contribution in [0.25, 0.3) is 0 Å². The lowest BCUT2D eigenvalue weighted by Gasteiger charge is -2.45. The van der Waals surface area contributed by atoms with Crippen molar-refractivity contribution in [3.63, 3.8) is 0 Å². The second kappa shape index (κ2) is 5.83. The third-order valence-electron chi connectivity index (χ3n) is 3.88. The molecule has 1 fully saturated rings. The molecule has 0 saturated carbocycles. The third kappa shape index (κ3) is 2.92. The van der Waals surface area contributed by atoms with Crippen LogP contribution in [0.1, 0.15) is 40.0 Å². The first kappa shape index (κ1) is 12.9. The van der Waals surface area contributed by atoms with Crippen molar-refractivity contribution in [3.05, 3.63) is 0 Å². The van der Waals surface area contributed by atoms with E-state index in [0.717, 1.165) is 6.54 Å². The molecule has 1 aliphatic heterocycles. The number of methoxy groups -OCH3 is 1. The normalized spacial score (nSPS) is 32.6. The Morgan fingerprint density at radius 3 is 2.60 bits per heavy atom. The van der Waals surface area contributed by atoms with E-state index in [4.69, 9.17) is 10.5 Å². The molecule has 4 unspecified atom stereocenters. The fourth-order valence-electron chi connectivity index (χ4n) is 2.72. The number of hydrogen-bond donors (Lipinski definition) is 1. The maximum atomic E-state index is 5.85. The molecule has 0 aromatic rings. The average molecular weight is 214 g/mol. The highest BCUT2D eigenvalue weighted by atomic mass is 16.5. The number of rotatable bonds is 4. The Kier molecular flexibility index (Phi) is 5.03. The van der Waals surface area contributed by atoms with Crippen molar-refractivity contribution in [1.82, 2.24) is 4.90 Å². The summed E-state index contributed by atoms with van der Waals surface area (Å²) in [6.07, 6.45) is 4.12. The minimum absolute atomic E-state index is 0.277. The first-order chi connectivity index (χ1) is 7.11. The number of nitrogens with two attached hydrogens (primary N) is 1. The van der Waals surface area contributed by atoms with Crippen LogP contribution in [0.3, 0.4) is 0 Å². The topological polar surface area (TPSA) is 38.5 Å². The number of ether oxygens (including phenoxy) is 1. The van der Waals surface area contributed by atoms with Gasteiger partial charge in [0.1, 0.15) is 0 Å². The maximum absolute atomic E-state index is 5.85. The van der Waals surface area contributed by atoms with Crippen LogP contribution in [0.15, 0.2) is 0 Å². The van der Waals surface area contributed by atoms with E-state index < -0.39 is 0 Å². The molecule has 15 heavy (non-hydrogen) atoms. The first-order valence-corrected chi connectivity index (χ1v) is 6.12. The highest BCUT2D eigenvalue weighted by molar-refractivity contribution is 4.88. The van der Waals surface area contributed by atoms with Crippen LogP contribution < -0.4 is 5.73 Å². The summed E-state index contributed by atoms with van der Waals surface area (Å²) in [5.74, 6) is 0. The minimum Gasteiger partial charge on any atom is -0.380 e. The molecule has 0 spiro atoms.